The highest BCUT2D eigenvalue weighted by Gasteiger charge is 2.19. The molecule has 128 valence electrons. The Morgan fingerprint density at radius 2 is 1.52 bits per heavy atom. The lowest BCUT2D eigenvalue weighted by Gasteiger charge is -2.04. The van der Waals surface area contributed by atoms with Gasteiger partial charge in [-0.05, 0) is 36.8 Å². The molecule has 2 aromatic rings. The van der Waals surface area contributed by atoms with Crippen LogP contribution in [0.25, 0.3) is 0 Å². The van der Waals surface area contributed by atoms with Crippen molar-refractivity contribution < 1.29 is 19.7 Å². The number of phenols is 1. The van der Waals surface area contributed by atoms with Crippen LogP contribution in [0.15, 0.2) is 47.6 Å². The Hall–Kier alpha value is -3.82. The highest BCUT2D eigenvalue weighted by molar-refractivity contribution is 6.01. The third-order valence-corrected chi connectivity index (χ3v) is 3.20. The number of rotatable bonds is 5. The van der Waals surface area contributed by atoms with Gasteiger partial charge in [-0.3, -0.25) is 25.0 Å². The molecule has 0 aliphatic heterocycles. The van der Waals surface area contributed by atoms with Gasteiger partial charge in [-0.25, -0.2) is 5.43 Å². The molecule has 2 aromatic carbocycles. The van der Waals surface area contributed by atoms with Crippen molar-refractivity contribution in [3.63, 3.8) is 0 Å². The number of aromatic hydroxyl groups is 1. The SMILES string of the molecule is CC(=NNC(=O)c1cc([N+](=O)[O-])cc([N+](=O)[O-])c1)c1ccc(O)cc1. The lowest BCUT2D eigenvalue weighted by molar-refractivity contribution is -0.394. The number of nitrogens with one attached hydrogen (secondary N) is 1. The molecule has 0 saturated carbocycles. The van der Waals surface area contributed by atoms with E-state index in [1.165, 1.54) is 12.1 Å². The second-order valence-corrected chi connectivity index (χ2v) is 4.94. The Kier molecular flexibility index (Phi) is 5.03. The van der Waals surface area contributed by atoms with E-state index in [4.69, 9.17) is 0 Å². The quantitative estimate of drug-likeness (QED) is 0.483. The molecule has 10 heteroatoms. The van der Waals surface area contributed by atoms with Crippen molar-refractivity contribution in [3.8, 4) is 5.75 Å². The second-order valence-electron chi connectivity index (χ2n) is 4.94. The van der Waals surface area contributed by atoms with E-state index in [1.807, 2.05) is 0 Å². The smallest absolute Gasteiger partial charge is 0.277 e. The number of non-ortho nitro benzene ring substituents is 2. The summed E-state index contributed by atoms with van der Waals surface area (Å²) in [7, 11) is 0. The van der Waals surface area contributed by atoms with E-state index in [9.17, 15) is 30.1 Å². The minimum atomic E-state index is -0.829. The van der Waals surface area contributed by atoms with Crippen molar-refractivity contribution in [2.75, 3.05) is 0 Å². The predicted octanol–water partition coefficient (Wildman–Crippen LogP) is 2.36. The van der Waals surface area contributed by atoms with Crippen LogP contribution in [0.4, 0.5) is 11.4 Å². The maximum absolute atomic E-state index is 12.1. The van der Waals surface area contributed by atoms with Gasteiger partial charge in [0.15, 0.2) is 0 Å². The molecule has 0 aromatic heterocycles. The summed E-state index contributed by atoms with van der Waals surface area (Å²) >= 11 is 0. The zero-order valence-corrected chi connectivity index (χ0v) is 12.9. The number of nitro groups is 2. The first-order chi connectivity index (χ1) is 11.8. The first-order valence-corrected chi connectivity index (χ1v) is 6.86. The minimum absolute atomic E-state index is 0.0736. The first-order valence-electron chi connectivity index (χ1n) is 6.86. The predicted molar refractivity (Wildman–Crippen MR) is 87.5 cm³/mol. The number of benzene rings is 2. The third kappa shape index (κ3) is 4.34. The van der Waals surface area contributed by atoms with E-state index in [0.717, 1.165) is 18.2 Å². The van der Waals surface area contributed by atoms with Gasteiger partial charge in [0.1, 0.15) is 5.75 Å². The van der Waals surface area contributed by atoms with Crippen LogP contribution in [0.1, 0.15) is 22.8 Å². The van der Waals surface area contributed by atoms with Crippen LogP contribution in [0, 0.1) is 20.2 Å². The number of hydrazone groups is 1. The van der Waals surface area contributed by atoms with Crippen molar-refractivity contribution in [1.82, 2.24) is 5.43 Å². The molecular weight excluding hydrogens is 332 g/mol. The fourth-order valence-electron chi connectivity index (χ4n) is 1.90. The van der Waals surface area contributed by atoms with Gasteiger partial charge in [-0.15, -0.1) is 0 Å². The summed E-state index contributed by atoms with van der Waals surface area (Å²) in [6, 6.07) is 8.67. The van der Waals surface area contributed by atoms with E-state index in [1.54, 1.807) is 19.1 Å². The number of nitro benzene ring substituents is 2. The van der Waals surface area contributed by atoms with Gasteiger partial charge in [0.2, 0.25) is 0 Å². The molecule has 2 rings (SSSR count). The number of hydrogen-bond donors (Lipinski definition) is 2. The maximum atomic E-state index is 12.1. The molecule has 0 atom stereocenters. The molecule has 1 amide bonds. The van der Waals surface area contributed by atoms with Crippen molar-refractivity contribution in [3.05, 3.63) is 73.8 Å². The Morgan fingerprint density at radius 1 is 1.00 bits per heavy atom. The van der Waals surface area contributed by atoms with Crippen molar-refractivity contribution in [2.24, 2.45) is 5.10 Å². The van der Waals surface area contributed by atoms with E-state index >= 15 is 0 Å². The summed E-state index contributed by atoms with van der Waals surface area (Å²) in [5.74, 6) is -0.755. The first kappa shape index (κ1) is 17.5. The van der Waals surface area contributed by atoms with Crippen LogP contribution in [-0.4, -0.2) is 26.6 Å². The van der Waals surface area contributed by atoms with Crippen LogP contribution in [-0.2, 0) is 0 Å². The molecule has 10 nitrogen and oxygen atoms in total. The fraction of sp³-hybridized carbons (Fsp3) is 0.0667. The zero-order valence-electron chi connectivity index (χ0n) is 12.9. The van der Waals surface area contributed by atoms with Crippen LogP contribution in [0.5, 0.6) is 5.75 Å². The zero-order chi connectivity index (χ0) is 18.6. The molecular formula is C15H12N4O6. The normalized spacial score (nSPS) is 11.0. The monoisotopic (exact) mass is 344 g/mol. The summed E-state index contributed by atoms with van der Waals surface area (Å²) in [5.41, 5.74) is 1.82. The molecule has 0 aliphatic rings. The fourth-order valence-corrected chi connectivity index (χ4v) is 1.90. The Balaban J connectivity index is 2.25. The Labute approximate surface area is 140 Å². The van der Waals surface area contributed by atoms with E-state index < -0.39 is 27.1 Å². The largest absolute Gasteiger partial charge is 0.508 e. The highest BCUT2D eigenvalue weighted by Crippen LogP contribution is 2.22. The van der Waals surface area contributed by atoms with Crippen LogP contribution >= 0.6 is 0 Å². The molecule has 2 N–H and O–H groups in total. The summed E-state index contributed by atoms with van der Waals surface area (Å²) in [6.07, 6.45) is 0. The number of carbonyl (C=O) groups excluding carboxylic acids is 1. The number of carbonyl (C=O) groups is 1. The second kappa shape index (κ2) is 7.17. The summed E-state index contributed by atoms with van der Waals surface area (Å²) in [5, 5.41) is 34.7. The summed E-state index contributed by atoms with van der Waals surface area (Å²) in [4.78, 5) is 32.1. The standard InChI is InChI=1S/C15H12N4O6/c1-9(10-2-4-14(20)5-3-10)16-17-15(21)11-6-12(18(22)23)8-13(7-11)19(24)25/h2-8,20H,1H3,(H,17,21). The topological polar surface area (TPSA) is 148 Å². The van der Waals surface area contributed by atoms with Gasteiger partial charge in [0.25, 0.3) is 17.3 Å². The summed E-state index contributed by atoms with van der Waals surface area (Å²) < 4.78 is 0. The van der Waals surface area contributed by atoms with E-state index in [-0.39, 0.29) is 11.3 Å². The molecule has 0 aliphatic carbocycles. The molecule has 0 bridgehead atoms. The van der Waals surface area contributed by atoms with Gasteiger partial charge in [-0.2, -0.15) is 5.10 Å². The maximum Gasteiger partial charge on any atom is 0.277 e. The molecule has 0 saturated heterocycles. The van der Waals surface area contributed by atoms with Gasteiger partial charge in [-0.1, -0.05) is 0 Å². The minimum Gasteiger partial charge on any atom is -0.508 e. The number of nitrogens with zero attached hydrogens (tertiary/aromatic N) is 3. The third-order valence-electron chi connectivity index (χ3n) is 3.20. The van der Waals surface area contributed by atoms with Crippen LogP contribution < -0.4 is 5.43 Å². The molecule has 0 unspecified atom stereocenters. The lowest BCUT2D eigenvalue weighted by Crippen LogP contribution is -2.19. The Bertz CT molecular complexity index is 844. The number of hydrogen-bond acceptors (Lipinski definition) is 7. The lowest BCUT2D eigenvalue weighted by atomic mass is 10.1. The van der Waals surface area contributed by atoms with Crippen molar-refractivity contribution in [1.29, 1.82) is 0 Å². The van der Waals surface area contributed by atoms with E-state index in [0.29, 0.717) is 11.3 Å². The molecule has 25 heavy (non-hydrogen) atoms. The number of phenolic OH excluding ortho intramolecular Hbond substituents is 1. The van der Waals surface area contributed by atoms with Crippen molar-refractivity contribution >= 4 is 23.0 Å². The highest BCUT2D eigenvalue weighted by atomic mass is 16.6. The van der Waals surface area contributed by atoms with Crippen molar-refractivity contribution in [2.45, 2.75) is 6.92 Å². The summed E-state index contributed by atoms with van der Waals surface area (Å²) in [6.45, 7) is 1.60. The average molecular weight is 344 g/mol. The van der Waals surface area contributed by atoms with Gasteiger partial charge >= 0.3 is 0 Å². The Morgan fingerprint density at radius 3 is 2.00 bits per heavy atom. The molecule has 0 fully saturated rings. The van der Waals surface area contributed by atoms with Crippen LogP contribution in [0.3, 0.4) is 0 Å². The number of amides is 1. The van der Waals surface area contributed by atoms with Crippen LogP contribution in [0.2, 0.25) is 0 Å². The average Bonchev–Trinajstić information content (AvgIpc) is 2.59. The van der Waals surface area contributed by atoms with E-state index in [2.05, 4.69) is 10.5 Å². The van der Waals surface area contributed by atoms with Gasteiger partial charge < -0.3 is 5.11 Å². The van der Waals surface area contributed by atoms with Gasteiger partial charge in [0.05, 0.1) is 27.2 Å². The molecule has 0 spiro atoms. The molecule has 0 radical (unpaired) electrons. The van der Waals surface area contributed by atoms with Gasteiger partial charge in [0, 0.05) is 12.1 Å². The molecule has 0 heterocycles.